The summed E-state index contributed by atoms with van der Waals surface area (Å²) in [7, 11) is 0. The van der Waals surface area contributed by atoms with Gasteiger partial charge in [0.2, 0.25) is 0 Å². The van der Waals surface area contributed by atoms with E-state index in [1.165, 1.54) is 31.2 Å². The largest absolute Gasteiger partial charge is 0.323 e. The molecule has 1 fully saturated rings. The van der Waals surface area contributed by atoms with Crippen LogP contribution in [0.1, 0.15) is 51.1 Å². The SMILES string of the molecule is CC1CCCC(NC(C)c2ccc3[nH]c(=O)[nH]c3c2)C1. The number of fused-ring (bicyclic) bond motifs is 1. The quantitative estimate of drug-likeness (QED) is 0.804. The van der Waals surface area contributed by atoms with Crippen LogP contribution in [0.3, 0.4) is 0 Å². The first kappa shape index (κ1) is 13.4. The van der Waals surface area contributed by atoms with Gasteiger partial charge in [0.25, 0.3) is 0 Å². The summed E-state index contributed by atoms with van der Waals surface area (Å²) in [6.45, 7) is 4.54. The van der Waals surface area contributed by atoms with Gasteiger partial charge in [-0.25, -0.2) is 4.79 Å². The maximum Gasteiger partial charge on any atom is 0.323 e. The second kappa shape index (κ2) is 5.44. The van der Waals surface area contributed by atoms with E-state index in [4.69, 9.17) is 0 Å². The summed E-state index contributed by atoms with van der Waals surface area (Å²) in [4.78, 5) is 16.9. The van der Waals surface area contributed by atoms with Crippen molar-refractivity contribution in [3.63, 3.8) is 0 Å². The highest BCUT2D eigenvalue weighted by atomic mass is 16.1. The first-order valence-corrected chi connectivity index (χ1v) is 7.60. The van der Waals surface area contributed by atoms with E-state index in [0.717, 1.165) is 17.0 Å². The van der Waals surface area contributed by atoms with Gasteiger partial charge in [0, 0.05) is 12.1 Å². The van der Waals surface area contributed by atoms with Gasteiger partial charge in [0.15, 0.2) is 0 Å². The molecule has 0 aliphatic heterocycles. The molecule has 0 radical (unpaired) electrons. The van der Waals surface area contributed by atoms with Crippen LogP contribution in [-0.2, 0) is 0 Å². The van der Waals surface area contributed by atoms with Crippen LogP contribution in [0.2, 0.25) is 0 Å². The molecular weight excluding hydrogens is 250 g/mol. The number of imidazole rings is 1. The maximum absolute atomic E-state index is 11.3. The van der Waals surface area contributed by atoms with E-state index in [9.17, 15) is 4.79 Å². The molecule has 108 valence electrons. The molecule has 1 aliphatic carbocycles. The van der Waals surface area contributed by atoms with Crippen LogP contribution in [0.4, 0.5) is 0 Å². The monoisotopic (exact) mass is 273 g/mol. The van der Waals surface area contributed by atoms with Crippen molar-refractivity contribution in [2.24, 2.45) is 5.92 Å². The van der Waals surface area contributed by atoms with Crippen LogP contribution in [0.5, 0.6) is 0 Å². The first-order valence-electron chi connectivity index (χ1n) is 7.60. The average molecular weight is 273 g/mol. The molecule has 0 spiro atoms. The summed E-state index contributed by atoms with van der Waals surface area (Å²) in [5.41, 5.74) is 2.85. The lowest BCUT2D eigenvalue weighted by Gasteiger charge is -2.30. The lowest BCUT2D eigenvalue weighted by Crippen LogP contribution is -2.35. The number of nitrogens with one attached hydrogen (secondary N) is 3. The van der Waals surface area contributed by atoms with Crippen molar-refractivity contribution in [2.75, 3.05) is 0 Å². The van der Waals surface area contributed by atoms with Crippen LogP contribution in [0.15, 0.2) is 23.0 Å². The molecule has 1 heterocycles. The van der Waals surface area contributed by atoms with E-state index in [1.807, 2.05) is 6.07 Å². The zero-order chi connectivity index (χ0) is 14.1. The fourth-order valence-electron chi connectivity index (χ4n) is 3.35. The Balaban J connectivity index is 1.74. The Morgan fingerprint density at radius 2 is 2.05 bits per heavy atom. The van der Waals surface area contributed by atoms with Crippen molar-refractivity contribution in [1.29, 1.82) is 0 Å². The van der Waals surface area contributed by atoms with E-state index in [1.54, 1.807) is 0 Å². The van der Waals surface area contributed by atoms with Crippen molar-refractivity contribution in [3.8, 4) is 0 Å². The van der Waals surface area contributed by atoms with Crippen LogP contribution in [0, 0.1) is 5.92 Å². The molecule has 3 unspecified atom stereocenters. The molecule has 1 aromatic heterocycles. The molecule has 3 rings (SSSR count). The summed E-state index contributed by atoms with van der Waals surface area (Å²) in [6, 6.07) is 7.07. The summed E-state index contributed by atoms with van der Waals surface area (Å²) < 4.78 is 0. The van der Waals surface area contributed by atoms with Gasteiger partial charge in [0.05, 0.1) is 11.0 Å². The third-order valence-corrected chi connectivity index (χ3v) is 4.46. The topological polar surface area (TPSA) is 60.7 Å². The predicted octanol–water partition coefficient (Wildman–Crippen LogP) is 3.09. The molecular formula is C16H23N3O. The predicted molar refractivity (Wildman–Crippen MR) is 81.9 cm³/mol. The Hall–Kier alpha value is -1.55. The maximum atomic E-state index is 11.3. The van der Waals surface area contributed by atoms with Gasteiger partial charge < -0.3 is 15.3 Å². The highest BCUT2D eigenvalue weighted by molar-refractivity contribution is 5.75. The third-order valence-electron chi connectivity index (χ3n) is 4.46. The second-order valence-corrected chi connectivity index (χ2v) is 6.24. The van der Waals surface area contributed by atoms with Crippen LogP contribution in [0.25, 0.3) is 11.0 Å². The van der Waals surface area contributed by atoms with Crippen molar-refractivity contribution in [1.82, 2.24) is 15.3 Å². The fourth-order valence-corrected chi connectivity index (χ4v) is 3.35. The number of aromatic amines is 2. The minimum Gasteiger partial charge on any atom is -0.307 e. The Kier molecular flexibility index (Phi) is 3.66. The molecule has 0 amide bonds. The number of hydrogen-bond donors (Lipinski definition) is 3. The molecule has 2 aromatic rings. The molecule has 20 heavy (non-hydrogen) atoms. The minimum atomic E-state index is -0.140. The highest BCUT2D eigenvalue weighted by Gasteiger charge is 2.20. The Morgan fingerprint density at radius 3 is 2.85 bits per heavy atom. The number of hydrogen-bond acceptors (Lipinski definition) is 2. The third kappa shape index (κ3) is 2.80. The number of H-pyrrole nitrogens is 2. The zero-order valence-corrected chi connectivity index (χ0v) is 12.2. The molecule has 1 aromatic carbocycles. The van der Waals surface area contributed by atoms with Crippen molar-refractivity contribution in [3.05, 3.63) is 34.2 Å². The van der Waals surface area contributed by atoms with Crippen molar-refractivity contribution in [2.45, 2.75) is 51.6 Å². The second-order valence-electron chi connectivity index (χ2n) is 6.24. The van der Waals surface area contributed by atoms with Gasteiger partial charge >= 0.3 is 5.69 Å². The van der Waals surface area contributed by atoms with Gasteiger partial charge in [0.1, 0.15) is 0 Å². The summed E-state index contributed by atoms with van der Waals surface area (Å²) in [6.07, 6.45) is 5.24. The van der Waals surface area contributed by atoms with E-state index in [0.29, 0.717) is 12.1 Å². The summed E-state index contributed by atoms with van der Waals surface area (Å²) in [5.74, 6) is 0.831. The zero-order valence-electron chi connectivity index (χ0n) is 12.2. The fraction of sp³-hybridized carbons (Fsp3) is 0.562. The van der Waals surface area contributed by atoms with Gasteiger partial charge in [-0.15, -0.1) is 0 Å². The summed E-state index contributed by atoms with van der Waals surface area (Å²) in [5, 5.41) is 3.73. The summed E-state index contributed by atoms with van der Waals surface area (Å²) >= 11 is 0. The number of aromatic nitrogens is 2. The minimum absolute atomic E-state index is 0.140. The smallest absolute Gasteiger partial charge is 0.307 e. The molecule has 3 N–H and O–H groups in total. The molecule has 4 nitrogen and oxygen atoms in total. The van der Waals surface area contributed by atoms with Crippen LogP contribution >= 0.6 is 0 Å². The molecule has 1 aliphatic rings. The van der Waals surface area contributed by atoms with Gasteiger partial charge in [-0.05, 0) is 43.4 Å². The number of rotatable bonds is 3. The van der Waals surface area contributed by atoms with E-state index in [-0.39, 0.29) is 5.69 Å². The van der Waals surface area contributed by atoms with Gasteiger partial charge in [-0.2, -0.15) is 0 Å². The van der Waals surface area contributed by atoms with Gasteiger partial charge in [-0.3, -0.25) is 0 Å². The first-order chi connectivity index (χ1) is 9.61. The molecule has 4 heteroatoms. The van der Waals surface area contributed by atoms with Crippen molar-refractivity contribution >= 4 is 11.0 Å². The molecule has 0 bridgehead atoms. The van der Waals surface area contributed by atoms with E-state index in [2.05, 4.69) is 41.3 Å². The molecule has 3 atom stereocenters. The molecule has 0 saturated heterocycles. The lowest BCUT2D eigenvalue weighted by atomic mass is 9.86. The highest BCUT2D eigenvalue weighted by Crippen LogP contribution is 2.26. The van der Waals surface area contributed by atoms with E-state index < -0.39 is 0 Å². The van der Waals surface area contributed by atoms with Crippen LogP contribution in [-0.4, -0.2) is 16.0 Å². The Labute approximate surface area is 119 Å². The Bertz CT molecular complexity index is 642. The normalized spacial score (nSPS) is 24.9. The number of benzene rings is 1. The Morgan fingerprint density at radius 1 is 1.25 bits per heavy atom. The lowest BCUT2D eigenvalue weighted by molar-refractivity contribution is 0.285. The van der Waals surface area contributed by atoms with Crippen molar-refractivity contribution < 1.29 is 0 Å². The standard InChI is InChI=1S/C16H23N3O/c1-10-4-3-5-13(8-10)17-11(2)12-6-7-14-15(9-12)19-16(20)18-14/h6-7,9-11,13,17H,3-5,8H2,1-2H3,(H2,18,19,20). The molecule has 1 saturated carbocycles. The van der Waals surface area contributed by atoms with Gasteiger partial charge in [-0.1, -0.05) is 25.8 Å². The average Bonchev–Trinajstić information content (AvgIpc) is 2.77. The van der Waals surface area contributed by atoms with E-state index >= 15 is 0 Å². The van der Waals surface area contributed by atoms with Crippen LogP contribution < -0.4 is 11.0 Å².